The number of hydrogen-bond acceptors (Lipinski definition) is 4. The second-order valence-electron chi connectivity index (χ2n) is 3.49. The number of imidazole rings is 1. The second kappa shape index (κ2) is 4.74. The van der Waals surface area contributed by atoms with Gasteiger partial charge in [0.1, 0.15) is 5.82 Å². The zero-order valence-electron chi connectivity index (χ0n) is 9.06. The predicted octanol–water partition coefficient (Wildman–Crippen LogP) is 1.45. The molecular weight excluding hydrogens is 206 g/mol. The van der Waals surface area contributed by atoms with E-state index in [1.165, 1.54) is 7.11 Å². The van der Waals surface area contributed by atoms with Crippen LogP contribution < -0.4 is 0 Å². The number of aromatic amines is 1. The largest absolute Gasteiger partial charge is 0.469 e. The zero-order valence-corrected chi connectivity index (χ0v) is 9.06. The van der Waals surface area contributed by atoms with Crippen molar-refractivity contribution in [2.24, 2.45) is 0 Å². The van der Waals surface area contributed by atoms with Crippen LogP contribution in [0.15, 0.2) is 18.3 Å². The molecule has 0 saturated heterocycles. The number of ether oxygens (including phenoxy) is 1. The van der Waals surface area contributed by atoms with Crippen molar-refractivity contribution < 1.29 is 9.53 Å². The number of fused-ring (bicyclic) bond motifs is 1. The highest BCUT2D eigenvalue weighted by atomic mass is 16.5. The average molecular weight is 219 g/mol. The van der Waals surface area contributed by atoms with Gasteiger partial charge in [0.05, 0.1) is 12.6 Å². The van der Waals surface area contributed by atoms with E-state index in [1.807, 2.05) is 12.1 Å². The quantitative estimate of drug-likeness (QED) is 0.790. The minimum atomic E-state index is -0.186. The van der Waals surface area contributed by atoms with Crippen molar-refractivity contribution >= 4 is 17.1 Å². The van der Waals surface area contributed by atoms with Crippen LogP contribution in [0.5, 0.6) is 0 Å². The summed E-state index contributed by atoms with van der Waals surface area (Å²) in [6.45, 7) is 0. The number of nitrogens with zero attached hydrogens (tertiary/aromatic N) is 2. The van der Waals surface area contributed by atoms with E-state index < -0.39 is 0 Å². The number of H-pyrrole nitrogens is 1. The number of hydrogen-bond donors (Lipinski definition) is 1. The Balaban J connectivity index is 1.97. The third-order valence-corrected chi connectivity index (χ3v) is 2.33. The van der Waals surface area contributed by atoms with E-state index >= 15 is 0 Å². The van der Waals surface area contributed by atoms with Gasteiger partial charge in [0.15, 0.2) is 5.65 Å². The molecule has 0 aliphatic rings. The van der Waals surface area contributed by atoms with Crippen molar-refractivity contribution in [2.75, 3.05) is 7.11 Å². The highest BCUT2D eigenvalue weighted by Crippen LogP contribution is 2.09. The topological polar surface area (TPSA) is 67.9 Å². The molecule has 84 valence electrons. The summed E-state index contributed by atoms with van der Waals surface area (Å²) in [6, 6.07) is 3.79. The Bertz CT molecular complexity index is 460. The number of carbonyl (C=O) groups is 1. The first-order chi connectivity index (χ1) is 7.79. The molecule has 0 aromatic carbocycles. The van der Waals surface area contributed by atoms with E-state index in [1.54, 1.807) is 6.20 Å². The van der Waals surface area contributed by atoms with Gasteiger partial charge in [-0.05, 0) is 18.6 Å². The first-order valence-corrected chi connectivity index (χ1v) is 5.16. The summed E-state index contributed by atoms with van der Waals surface area (Å²) < 4.78 is 4.57. The fourth-order valence-electron chi connectivity index (χ4n) is 1.52. The number of rotatable bonds is 4. The Hall–Kier alpha value is -1.91. The summed E-state index contributed by atoms with van der Waals surface area (Å²) in [6.07, 6.45) is 3.58. The molecule has 0 saturated carbocycles. The second-order valence-corrected chi connectivity index (χ2v) is 3.49. The van der Waals surface area contributed by atoms with Crippen molar-refractivity contribution in [3.8, 4) is 0 Å². The molecule has 0 aliphatic carbocycles. The number of aromatic nitrogens is 3. The molecule has 0 bridgehead atoms. The monoisotopic (exact) mass is 219 g/mol. The predicted molar refractivity (Wildman–Crippen MR) is 58.8 cm³/mol. The number of aryl methyl sites for hydroxylation is 1. The van der Waals surface area contributed by atoms with Gasteiger partial charge in [0.25, 0.3) is 0 Å². The van der Waals surface area contributed by atoms with Crippen LogP contribution in [0.4, 0.5) is 0 Å². The summed E-state index contributed by atoms with van der Waals surface area (Å²) in [7, 11) is 1.40. The standard InChI is InChI=1S/C11H13N3O2/c1-16-10(15)6-2-5-9-13-8-4-3-7-12-11(8)14-9/h3-4,7H,2,5-6H2,1H3,(H,12,13,14). The van der Waals surface area contributed by atoms with Gasteiger partial charge >= 0.3 is 5.97 Å². The van der Waals surface area contributed by atoms with Gasteiger partial charge in [-0.1, -0.05) is 0 Å². The molecule has 2 aromatic heterocycles. The maximum atomic E-state index is 10.9. The van der Waals surface area contributed by atoms with Crippen molar-refractivity contribution in [3.63, 3.8) is 0 Å². The minimum Gasteiger partial charge on any atom is -0.469 e. The molecule has 5 heteroatoms. The Morgan fingerprint density at radius 2 is 2.44 bits per heavy atom. The summed E-state index contributed by atoms with van der Waals surface area (Å²) in [5.74, 6) is 0.673. The number of pyridine rings is 1. The van der Waals surface area contributed by atoms with Crippen LogP contribution in [-0.4, -0.2) is 28.0 Å². The van der Waals surface area contributed by atoms with E-state index in [2.05, 4.69) is 19.7 Å². The van der Waals surface area contributed by atoms with Gasteiger partial charge < -0.3 is 9.72 Å². The van der Waals surface area contributed by atoms with Crippen LogP contribution in [0.25, 0.3) is 11.2 Å². The molecule has 2 heterocycles. The number of nitrogens with one attached hydrogen (secondary N) is 1. The lowest BCUT2D eigenvalue weighted by molar-refractivity contribution is -0.140. The third-order valence-electron chi connectivity index (χ3n) is 2.33. The van der Waals surface area contributed by atoms with Crippen LogP contribution in [-0.2, 0) is 16.0 Å². The van der Waals surface area contributed by atoms with Gasteiger partial charge in [0, 0.05) is 19.0 Å². The molecule has 0 radical (unpaired) electrons. The molecular formula is C11H13N3O2. The third kappa shape index (κ3) is 2.36. The summed E-state index contributed by atoms with van der Waals surface area (Å²) >= 11 is 0. The molecule has 0 atom stereocenters. The normalized spacial score (nSPS) is 10.6. The van der Waals surface area contributed by atoms with Gasteiger partial charge in [0.2, 0.25) is 0 Å². The first kappa shape index (κ1) is 10.6. The van der Waals surface area contributed by atoms with E-state index in [-0.39, 0.29) is 5.97 Å². The molecule has 0 spiro atoms. The van der Waals surface area contributed by atoms with E-state index in [0.717, 1.165) is 29.8 Å². The van der Waals surface area contributed by atoms with Crippen molar-refractivity contribution in [1.82, 2.24) is 15.0 Å². The van der Waals surface area contributed by atoms with Crippen LogP contribution in [0.2, 0.25) is 0 Å². The molecule has 0 fully saturated rings. The Labute approximate surface area is 92.9 Å². The van der Waals surface area contributed by atoms with Crippen LogP contribution in [0.1, 0.15) is 18.7 Å². The van der Waals surface area contributed by atoms with Gasteiger partial charge in [-0.25, -0.2) is 9.97 Å². The lowest BCUT2D eigenvalue weighted by atomic mass is 10.2. The van der Waals surface area contributed by atoms with Gasteiger partial charge in [-0.15, -0.1) is 0 Å². The maximum absolute atomic E-state index is 10.9. The molecule has 2 rings (SSSR count). The molecule has 5 nitrogen and oxygen atoms in total. The van der Waals surface area contributed by atoms with Crippen LogP contribution in [0, 0.1) is 0 Å². The number of carbonyl (C=O) groups excluding carboxylic acids is 1. The van der Waals surface area contributed by atoms with Gasteiger partial charge in [-0.3, -0.25) is 4.79 Å². The lowest BCUT2D eigenvalue weighted by Gasteiger charge is -1.96. The van der Waals surface area contributed by atoms with Gasteiger partial charge in [-0.2, -0.15) is 0 Å². The fraction of sp³-hybridized carbons (Fsp3) is 0.364. The molecule has 0 aliphatic heterocycles. The fourth-order valence-corrected chi connectivity index (χ4v) is 1.52. The minimum absolute atomic E-state index is 0.186. The van der Waals surface area contributed by atoms with Crippen molar-refractivity contribution in [2.45, 2.75) is 19.3 Å². The van der Waals surface area contributed by atoms with E-state index in [4.69, 9.17) is 0 Å². The smallest absolute Gasteiger partial charge is 0.305 e. The number of methoxy groups -OCH3 is 1. The van der Waals surface area contributed by atoms with Crippen molar-refractivity contribution in [1.29, 1.82) is 0 Å². The Kier molecular flexibility index (Phi) is 3.14. The SMILES string of the molecule is COC(=O)CCCc1nc2ncccc2[nH]1. The highest BCUT2D eigenvalue weighted by Gasteiger charge is 2.04. The molecule has 0 amide bonds. The average Bonchev–Trinajstić information content (AvgIpc) is 2.71. The van der Waals surface area contributed by atoms with Crippen LogP contribution >= 0.6 is 0 Å². The molecule has 16 heavy (non-hydrogen) atoms. The first-order valence-electron chi connectivity index (χ1n) is 5.16. The highest BCUT2D eigenvalue weighted by molar-refractivity contribution is 5.70. The molecule has 1 N–H and O–H groups in total. The summed E-state index contributed by atoms with van der Waals surface area (Å²) in [5, 5.41) is 0. The van der Waals surface area contributed by atoms with E-state index in [9.17, 15) is 4.79 Å². The van der Waals surface area contributed by atoms with Crippen molar-refractivity contribution in [3.05, 3.63) is 24.2 Å². The lowest BCUT2D eigenvalue weighted by Crippen LogP contribution is -2.01. The summed E-state index contributed by atoms with van der Waals surface area (Å²) in [5.41, 5.74) is 1.64. The number of esters is 1. The molecule has 0 unspecified atom stereocenters. The summed E-state index contributed by atoms with van der Waals surface area (Å²) in [4.78, 5) is 22.5. The molecule has 2 aromatic rings. The van der Waals surface area contributed by atoms with E-state index in [0.29, 0.717) is 6.42 Å². The maximum Gasteiger partial charge on any atom is 0.305 e. The van der Waals surface area contributed by atoms with Crippen LogP contribution in [0.3, 0.4) is 0 Å². The Morgan fingerprint density at radius 3 is 3.19 bits per heavy atom. The zero-order chi connectivity index (χ0) is 11.4. The Morgan fingerprint density at radius 1 is 1.56 bits per heavy atom.